The van der Waals surface area contributed by atoms with Gasteiger partial charge in [-0.15, -0.1) is 0 Å². The third kappa shape index (κ3) is 7.11. The smallest absolute Gasteiger partial charge is 0.232 e. The summed E-state index contributed by atoms with van der Waals surface area (Å²) in [7, 11) is 0. The highest BCUT2D eigenvalue weighted by Gasteiger charge is 2.04. The van der Waals surface area contributed by atoms with Crippen molar-refractivity contribution in [3.05, 3.63) is 22.8 Å². The standard InChI is InChI=1S/C16H27ClN2O/c1-3-5-6-7-8-10-20-16-15(17)11-14(13-19-16)12-18-9-4-2/h11,13,18H,3-10,12H2,1-2H3. The summed E-state index contributed by atoms with van der Waals surface area (Å²) < 4.78 is 5.63. The maximum absolute atomic E-state index is 6.19. The summed E-state index contributed by atoms with van der Waals surface area (Å²) in [6.07, 6.45) is 9.09. The normalized spacial score (nSPS) is 10.8. The molecule has 1 heterocycles. The van der Waals surface area contributed by atoms with Crippen LogP contribution in [0.2, 0.25) is 5.02 Å². The molecule has 1 rings (SSSR count). The summed E-state index contributed by atoms with van der Waals surface area (Å²) in [5, 5.41) is 3.94. The first kappa shape index (κ1) is 17.3. The van der Waals surface area contributed by atoms with E-state index in [2.05, 4.69) is 24.1 Å². The second kappa shape index (κ2) is 10.9. The fourth-order valence-electron chi connectivity index (χ4n) is 1.95. The van der Waals surface area contributed by atoms with E-state index < -0.39 is 0 Å². The zero-order valence-corrected chi connectivity index (χ0v) is 13.5. The Morgan fingerprint density at radius 3 is 2.65 bits per heavy atom. The van der Waals surface area contributed by atoms with Gasteiger partial charge in [0.05, 0.1) is 6.61 Å². The number of aromatic nitrogens is 1. The first-order valence-electron chi connectivity index (χ1n) is 7.75. The Hall–Kier alpha value is -0.800. The van der Waals surface area contributed by atoms with Crippen molar-refractivity contribution >= 4 is 11.6 Å². The lowest BCUT2D eigenvalue weighted by Gasteiger charge is -2.09. The third-order valence-electron chi connectivity index (χ3n) is 3.11. The lowest BCUT2D eigenvalue weighted by Crippen LogP contribution is -2.14. The topological polar surface area (TPSA) is 34.1 Å². The maximum atomic E-state index is 6.19. The fourth-order valence-corrected chi connectivity index (χ4v) is 2.20. The molecule has 3 nitrogen and oxygen atoms in total. The molecule has 0 atom stereocenters. The summed E-state index contributed by atoms with van der Waals surface area (Å²) in [5.41, 5.74) is 1.10. The van der Waals surface area contributed by atoms with Gasteiger partial charge in [-0.1, -0.05) is 51.1 Å². The number of nitrogens with zero attached hydrogens (tertiary/aromatic N) is 1. The zero-order chi connectivity index (χ0) is 14.6. The Labute approximate surface area is 128 Å². The average Bonchev–Trinajstić information content (AvgIpc) is 2.45. The van der Waals surface area contributed by atoms with Crippen molar-refractivity contribution in [3.63, 3.8) is 0 Å². The molecule has 0 fully saturated rings. The predicted octanol–water partition coefficient (Wildman–Crippen LogP) is 4.58. The number of nitrogens with one attached hydrogen (secondary N) is 1. The molecule has 0 amide bonds. The van der Waals surface area contributed by atoms with Gasteiger partial charge in [0, 0.05) is 12.7 Å². The molecule has 0 spiro atoms. The van der Waals surface area contributed by atoms with Crippen LogP contribution in [0.15, 0.2) is 12.3 Å². The highest BCUT2D eigenvalue weighted by atomic mass is 35.5. The number of unbranched alkanes of at least 4 members (excludes halogenated alkanes) is 4. The van der Waals surface area contributed by atoms with E-state index in [4.69, 9.17) is 16.3 Å². The molecular formula is C16H27ClN2O. The van der Waals surface area contributed by atoms with E-state index in [0.717, 1.165) is 31.5 Å². The molecule has 0 aliphatic carbocycles. The quantitative estimate of drug-likeness (QED) is 0.607. The Bertz CT molecular complexity index is 371. The molecule has 1 N–H and O–H groups in total. The zero-order valence-electron chi connectivity index (χ0n) is 12.8. The van der Waals surface area contributed by atoms with Crippen molar-refractivity contribution in [3.8, 4) is 5.88 Å². The van der Waals surface area contributed by atoms with Crippen LogP contribution in [-0.4, -0.2) is 18.1 Å². The van der Waals surface area contributed by atoms with E-state index in [0.29, 0.717) is 17.5 Å². The molecule has 0 saturated heterocycles. The van der Waals surface area contributed by atoms with E-state index in [1.807, 2.05) is 12.3 Å². The average molecular weight is 299 g/mol. The molecule has 1 aromatic heterocycles. The van der Waals surface area contributed by atoms with Gasteiger partial charge in [0.2, 0.25) is 5.88 Å². The van der Waals surface area contributed by atoms with Crippen LogP contribution < -0.4 is 10.1 Å². The highest BCUT2D eigenvalue weighted by molar-refractivity contribution is 6.31. The van der Waals surface area contributed by atoms with Crippen molar-refractivity contribution in [1.29, 1.82) is 0 Å². The minimum absolute atomic E-state index is 0.557. The van der Waals surface area contributed by atoms with Crippen molar-refractivity contribution < 1.29 is 4.74 Å². The molecule has 20 heavy (non-hydrogen) atoms. The van der Waals surface area contributed by atoms with E-state index >= 15 is 0 Å². The minimum atomic E-state index is 0.557. The molecule has 0 saturated carbocycles. The van der Waals surface area contributed by atoms with Crippen LogP contribution in [0.1, 0.15) is 57.9 Å². The van der Waals surface area contributed by atoms with Crippen molar-refractivity contribution in [2.75, 3.05) is 13.2 Å². The van der Waals surface area contributed by atoms with Gasteiger partial charge in [-0.05, 0) is 31.0 Å². The van der Waals surface area contributed by atoms with Gasteiger partial charge >= 0.3 is 0 Å². The van der Waals surface area contributed by atoms with E-state index in [9.17, 15) is 0 Å². The molecule has 0 aliphatic rings. The minimum Gasteiger partial charge on any atom is -0.477 e. The van der Waals surface area contributed by atoms with Crippen LogP contribution in [0, 0.1) is 0 Å². The molecule has 4 heteroatoms. The fraction of sp³-hybridized carbons (Fsp3) is 0.688. The van der Waals surface area contributed by atoms with Crippen molar-refractivity contribution in [2.45, 2.75) is 58.9 Å². The molecule has 0 aliphatic heterocycles. The molecule has 0 unspecified atom stereocenters. The van der Waals surface area contributed by atoms with Crippen molar-refractivity contribution in [1.82, 2.24) is 10.3 Å². The number of hydrogen-bond acceptors (Lipinski definition) is 3. The summed E-state index contributed by atoms with van der Waals surface area (Å²) in [6.45, 7) is 6.88. The van der Waals surface area contributed by atoms with Crippen molar-refractivity contribution in [2.24, 2.45) is 0 Å². The summed E-state index contributed by atoms with van der Waals surface area (Å²) in [5.74, 6) is 0.557. The van der Waals surface area contributed by atoms with E-state index in [1.165, 1.54) is 25.7 Å². The monoisotopic (exact) mass is 298 g/mol. The summed E-state index contributed by atoms with van der Waals surface area (Å²) in [4.78, 5) is 4.30. The summed E-state index contributed by atoms with van der Waals surface area (Å²) in [6, 6.07) is 1.93. The number of rotatable bonds is 11. The third-order valence-corrected chi connectivity index (χ3v) is 3.38. The first-order valence-corrected chi connectivity index (χ1v) is 8.13. The lowest BCUT2D eigenvalue weighted by molar-refractivity contribution is 0.293. The SMILES string of the molecule is CCCCCCCOc1ncc(CNCCC)cc1Cl. The van der Waals surface area contributed by atoms with Gasteiger partial charge < -0.3 is 10.1 Å². The Kier molecular flexibility index (Phi) is 9.42. The number of halogens is 1. The molecule has 1 aromatic rings. The Morgan fingerprint density at radius 1 is 1.15 bits per heavy atom. The summed E-state index contributed by atoms with van der Waals surface area (Å²) >= 11 is 6.19. The van der Waals surface area contributed by atoms with Gasteiger partial charge in [0.25, 0.3) is 0 Å². The van der Waals surface area contributed by atoms with Gasteiger partial charge in [-0.2, -0.15) is 0 Å². The van der Waals surface area contributed by atoms with Crippen LogP contribution in [0.3, 0.4) is 0 Å². The first-order chi connectivity index (χ1) is 9.77. The van der Waals surface area contributed by atoms with Gasteiger partial charge in [-0.25, -0.2) is 4.98 Å². The molecule has 0 radical (unpaired) electrons. The second-order valence-electron chi connectivity index (χ2n) is 5.07. The number of pyridine rings is 1. The number of ether oxygens (including phenoxy) is 1. The van der Waals surface area contributed by atoms with Crippen LogP contribution >= 0.6 is 11.6 Å². The van der Waals surface area contributed by atoms with E-state index in [-0.39, 0.29) is 0 Å². The van der Waals surface area contributed by atoms with Gasteiger partial charge in [0.1, 0.15) is 5.02 Å². The van der Waals surface area contributed by atoms with Crippen LogP contribution in [0.25, 0.3) is 0 Å². The molecular weight excluding hydrogens is 272 g/mol. The highest BCUT2D eigenvalue weighted by Crippen LogP contribution is 2.22. The van der Waals surface area contributed by atoms with E-state index in [1.54, 1.807) is 0 Å². The second-order valence-corrected chi connectivity index (χ2v) is 5.48. The Morgan fingerprint density at radius 2 is 1.95 bits per heavy atom. The predicted molar refractivity (Wildman–Crippen MR) is 85.5 cm³/mol. The lowest BCUT2D eigenvalue weighted by atomic mass is 10.2. The molecule has 0 bridgehead atoms. The molecule has 114 valence electrons. The van der Waals surface area contributed by atoms with Gasteiger partial charge in [-0.3, -0.25) is 0 Å². The Balaban J connectivity index is 2.28. The van der Waals surface area contributed by atoms with Crippen LogP contribution in [-0.2, 0) is 6.54 Å². The maximum Gasteiger partial charge on any atom is 0.232 e. The number of hydrogen-bond donors (Lipinski definition) is 1. The van der Waals surface area contributed by atoms with Crippen LogP contribution in [0.5, 0.6) is 5.88 Å². The van der Waals surface area contributed by atoms with Gasteiger partial charge in [0.15, 0.2) is 0 Å². The largest absolute Gasteiger partial charge is 0.477 e. The molecule has 0 aromatic carbocycles. The van der Waals surface area contributed by atoms with Crippen LogP contribution in [0.4, 0.5) is 0 Å².